The van der Waals surface area contributed by atoms with Gasteiger partial charge in [-0.25, -0.2) is 0 Å². The van der Waals surface area contributed by atoms with E-state index in [2.05, 4.69) is 11.7 Å². The van der Waals surface area contributed by atoms with Crippen LogP contribution in [0.5, 0.6) is 0 Å². The highest BCUT2D eigenvalue weighted by Gasteiger charge is 2.16. The Labute approximate surface area is 103 Å². The van der Waals surface area contributed by atoms with Crippen LogP contribution in [-0.4, -0.2) is 43.5 Å². The molecule has 0 aromatic heterocycles. The van der Waals surface area contributed by atoms with Gasteiger partial charge in [0, 0.05) is 20.0 Å². The number of carbonyl (C=O) groups excluding carboxylic acids is 2. The third-order valence-electron chi connectivity index (χ3n) is 2.70. The number of carbonyl (C=O) groups is 2. The van der Waals surface area contributed by atoms with E-state index in [1.807, 2.05) is 0 Å². The Balaban J connectivity index is 3.80. The molecule has 0 aliphatic carbocycles. The summed E-state index contributed by atoms with van der Waals surface area (Å²) in [6.45, 7) is 2.89. The molecule has 0 rings (SSSR count). The van der Waals surface area contributed by atoms with Crippen LogP contribution in [0.3, 0.4) is 0 Å². The second-order valence-electron chi connectivity index (χ2n) is 4.19. The minimum Gasteiger partial charge on any atom is -0.468 e. The Kier molecular flexibility index (Phi) is 8.40. The van der Waals surface area contributed by atoms with E-state index in [4.69, 9.17) is 5.73 Å². The molecule has 0 spiro atoms. The maximum Gasteiger partial charge on any atom is 0.322 e. The Bertz CT molecular complexity index is 244. The van der Waals surface area contributed by atoms with Crippen LogP contribution in [0.1, 0.15) is 39.0 Å². The van der Waals surface area contributed by atoms with E-state index in [-0.39, 0.29) is 5.91 Å². The highest BCUT2D eigenvalue weighted by atomic mass is 16.5. The van der Waals surface area contributed by atoms with E-state index in [0.29, 0.717) is 12.8 Å². The molecule has 0 aliphatic heterocycles. The molecule has 0 aromatic carbocycles. The number of hydrogen-bond acceptors (Lipinski definition) is 4. The monoisotopic (exact) mass is 244 g/mol. The van der Waals surface area contributed by atoms with Crippen molar-refractivity contribution in [2.75, 3.05) is 20.7 Å². The molecule has 5 nitrogen and oxygen atoms in total. The number of nitrogens with two attached hydrogens (primary N) is 1. The lowest BCUT2D eigenvalue weighted by Crippen LogP contribution is -2.34. The number of ether oxygens (including phenoxy) is 1. The third-order valence-corrected chi connectivity index (χ3v) is 2.70. The number of rotatable bonds is 8. The van der Waals surface area contributed by atoms with Gasteiger partial charge in [-0.3, -0.25) is 9.59 Å². The average Bonchev–Trinajstić information content (AvgIpc) is 2.34. The lowest BCUT2D eigenvalue weighted by atomic mass is 10.1. The molecule has 0 heterocycles. The van der Waals surface area contributed by atoms with Crippen LogP contribution in [-0.2, 0) is 14.3 Å². The van der Waals surface area contributed by atoms with Gasteiger partial charge >= 0.3 is 5.97 Å². The summed E-state index contributed by atoms with van der Waals surface area (Å²) in [7, 11) is 3.07. The highest BCUT2D eigenvalue weighted by Crippen LogP contribution is 2.02. The van der Waals surface area contributed by atoms with E-state index in [0.717, 1.165) is 25.8 Å². The molecule has 2 N–H and O–H groups in total. The standard InChI is InChI=1S/C12H24N2O3/c1-4-5-6-9-14(2)11(15)8-7-10(13)12(16)17-3/h10H,4-9,13H2,1-3H3/t10-/m0/s1. The molecular formula is C12H24N2O3. The first-order valence-electron chi connectivity index (χ1n) is 6.10. The summed E-state index contributed by atoms with van der Waals surface area (Å²) in [5, 5.41) is 0. The average molecular weight is 244 g/mol. The van der Waals surface area contributed by atoms with Gasteiger partial charge in [-0.2, -0.15) is 0 Å². The zero-order valence-corrected chi connectivity index (χ0v) is 11.1. The number of amides is 1. The van der Waals surface area contributed by atoms with Gasteiger partial charge in [0.15, 0.2) is 0 Å². The van der Waals surface area contributed by atoms with Crippen LogP contribution in [0.15, 0.2) is 0 Å². The van der Waals surface area contributed by atoms with Crippen molar-refractivity contribution < 1.29 is 14.3 Å². The second-order valence-corrected chi connectivity index (χ2v) is 4.19. The molecule has 0 radical (unpaired) electrons. The number of esters is 1. The number of unbranched alkanes of at least 4 members (excludes halogenated alkanes) is 2. The fraction of sp³-hybridized carbons (Fsp3) is 0.833. The van der Waals surface area contributed by atoms with Crippen LogP contribution in [0.25, 0.3) is 0 Å². The summed E-state index contributed by atoms with van der Waals surface area (Å²) in [6, 6.07) is -0.701. The molecule has 0 unspecified atom stereocenters. The Hall–Kier alpha value is -1.10. The number of hydrogen-bond donors (Lipinski definition) is 1. The Morgan fingerprint density at radius 1 is 1.35 bits per heavy atom. The molecule has 1 atom stereocenters. The van der Waals surface area contributed by atoms with E-state index in [1.54, 1.807) is 11.9 Å². The summed E-state index contributed by atoms with van der Waals surface area (Å²) < 4.78 is 4.50. The highest BCUT2D eigenvalue weighted by molar-refractivity contribution is 5.79. The first kappa shape index (κ1) is 15.9. The molecule has 0 saturated carbocycles. The SMILES string of the molecule is CCCCCN(C)C(=O)CC[C@H](N)C(=O)OC. The maximum absolute atomic E-state index is 11.7. The van der Waals surface area contributed by atoms with Gasteiger partial charge in [0.2, 0.25) is 5.91 Å². The van der Waals surface area contributed by atoms with Crippen molar-refractivity contribution in [3.8, 4) is 0 Å². The van der Waals surface area contributed by atoms with Crippen molar-refractivity contribution in [3.05, 3.63) is 0 Å². The molecule has 0 aliphatic rings. The number of methoxy groups -OCH3 is 1. The van der Waals surface area contributed by atoms with Crippen molar-refractivity contribution in [3.63, 3.8) is 0 Å². The van der Waals surface area contributed by atoms with Gasteiger partial charge in [-0.15, -0.1) is 0 Å². The van der Waals surface area contributed by atoms with Crippen molar-refractivity contribution in [2.45, 2.75) is 45.1 Å². The first-order chi connectivity index (χ1) is 8.02. The predicted octanol–water partition coefficient (Wildman–Crippen LogP) is 0.915. The third kappa shape index (κ3) is 6.94. The van der Waals surface area contributed by atoms with Crippen molar-refractivity contribution in [1.29, 1.82) is 0 Å². The van der Waals surface area contributed by atoms with Gasteiger partial charge in [-0.1, -0.05) is 19.8 Å². The molecular weight excluding hydrogens is 220 g/mol. The molecule has 100 valence electrons. The van der Waals surface area contributed by atoms with Crippen molar-refractivity contribution in [2.24, 2.45) is 5.73 Å². The van der Waals surface area contributed by atoms with Gasteiger partial charge in [-0.05, 0) is 12.8 Å². The van der Waals surface area contributed by atoms with Crippen molar-refractivity contribution >= 4 is 11.9 Å². The summed E-state index contributed by atoms with van der Waals surface area (Å²) in [4.78, 5) is 24.4. The molecule has 0 aromatic rings. The normalized spacial score (nSPS) is 12.0. The van der Waals surface area contributed by atoms with Crippen LogP contribution < -0.4 is 5.73 Å². The van der Waals surface area contributed by atoms with Crippen LogP contribution >= 0.6 is 0 Å². The second kappa shape index (κ2) is 8.98. The minimum atomic E-state index is -0.701. The van der Waals surface area contributed by atoms with Gasteiger partial charge in [0.1, 0.15) is 6.04 Å². The first-order valence-corrected chi connectivity index (χ1v) is 6.10. The quantitative estimate of drug-likeness (QED) is 0.509. The van der Waals surface area contributed by atoms with E-state index < -0.39 is 12.0 Å². The molecule has 0 bridgehead atoms. The minimum absolute atomic E-state index is 0.0282. The molecule has 1 amide bonds. The summed E-state index contributed by atoms with van der Waals surface area (Å²) >= 11 is 0. The largest absolute Gasteiger partial charge is 0.468 e. The van der Waals surface area contributed by atoms with Crippen LogP contribution in [0.4, 0.5) is 0 Å². The van der Waals surface area contributed by atoms with Crippen molar-refractivity contribution in [1.82, 2.24) is 4.90 Å². The molecule has 17 heavy (non-hydrogen) atoms. The summed E-state index contributed by atoms with van der Waals surface area (Å²) in [6.07, 6.45) is 3.90. The summed E-state index contributed by atoms with van der Waals surface area (Å²) in [5.41, 5.74) is 5.55. The fourth-order valence-electron chi connectivity index (χ4n) is 1.46. The molecule has 0 saturated heterocycles. The lowest BCUT2D eigenvalue weighted by molar-refractivity contribution is -0.142. The smallest absolute Gasteiger partial charge is 0.322 e. The fourth-order valence-corrected chi connectivity index (χ4v) is 1.46. The van der Waals surface area contributed by atoms with E-state index in [1.165, 1.54) is 7.11 Å². The molecule has 0 fully saturated rings. The maximum atomic E-state index is 11.7. The zero-order valence-electron chi connectivity index (χ0n) is 11.1. The van der Waals surface area contributed by atoms with Crippen LogP contribution in [0, 0.1) is 0 Å². The predicted molar refractivity (Wildman–Crippen MR) is 66.4 cm³/mol. The van der Waals surface area contributed by atoms with Crippen LogP contribution in [0.2, 0.25) is 0 Å². The van der Waals surface area contributed by atoms with E-state index >= 15 is 0 Å². The summed E-state index contributed by atoms with van der Waals surface area (Å²) in [5.74, 6) is -0.438. The van der Waals surface area contributed by atoms with Gasteiger partial charge in [0.05, 0.1) is 7.11 Å². The van der Waals surface area contributed by atoms with Gasteiger partial charge < -0.3 is 15.4 Å². The van der Waals surface area contributed by atoms with E-state index in [9.17, 15) is 9.59 Å². The Morgan fingerprint density at radius 3 is 2.53 bits per heavy atom. The number of nitrogens with zero attached hydrogens (tertiary/aromatic N) is 1. The lowest BCUT2D eigenvalue weighted by Gasteiger charge is -2.17. The van der Waals surface area contributed by atoms with Gasteiger partial charge in [0.25, 0.3) is 0 Å². The Morgan fingerprint density at radius 2 is 2.00 bits per heavy atom. The topological polar surface area (TPSA) is 72.6 Å². The zero-order chi connectivity index (χ0) is 13.3. The molecule has 5 heteroatoms.